The Morgan fingerprint density at radius 1 is 1.46 bits per heavy atom. The van der Waals surface area contributed by atoms with Crippen LogP contribution in [-0.2, 0) is 12.8 Å². The van der Waals surface area contributed by atoms with Crippen molar-refractivity contribution < 1.29 is 4.79 Å². The van der Waals surface area contributed by atoms with Gasteiger partial charge in [-0.15, -0.1) is 11.3 Å². The molecule has 0 aromatic carbocycles. The predicted molar refractivity (Wildman–Crippen MR) is 94.5 cm³/mol. The van der Waals surface area contributed by atoms with E-state index in [1.54, 1.807) is 22.0 Å². The normalized spacial score (nSPS) is 17.0. The van der Waals surface area contributed by atoms with Crippen molar-refractivity contribution in [3.63, 3.8) is 0 Å². The summed E-state index contributed by atoms with van der Waals surface area (Å²) >= 11 is 1.76. The topological polar surface area (TPSA) is 50.5 Å². The van der Waals surface area contributed by atoms with Gasteiger partial charge in [-0.05, 0) is 37.8 Å². The first kappa shape index (κ1) is 15.3. The first-order chi connectivity index (χ1) is 11.7. The average molecular weight is 340 g/mol. The summed E-state index contributed by atoms with van der Waals surface area (Å²) in [5.41, 5.74) is 2.70. The third-order valence-corrected chi connectivity index (χ3v) is 6.06. The molecular formula is C18H20N4OS. The maximum Gasteiger partial charge on any atom is 0.257 e. The van der Waals surface area contributed by atoms with Gasteiger partial charge in [0.2, 0.25) is 0 Å². The molecule has 0 unspecified atom stereocenters. The van der Waals surface area contributed by atoms with Crippen LogP contribution in [0, 0.1) is 0 Å². The number of aryl methyl sites for hydroxylation is 2. The van der Waals surface area contributed by atoms with Crippen LogP contribution in [0.25, 0.3) is 5.52 Å². The molecule has 0 bridgehead atoms. The first-order valence-electron chi connectivity index (χ1n) is 8.37. The summed E-state index contributed by atoms with van der Waals surface area (Å²) in [6.45, 7) is 2.13. The van der Waals surface area contributed by atoms with Gasteiger partial charge in [0.1, 0.15) is 0 Å². The maximum absolute atomic E-state index is 13.1. The number of carbonyl (C=O) groups excluding carboxylic acids is 1. The lowest BCUT2D eigenvalue weighted by atomic mass is 9.96. The van der Waals surface area contributed by atoms with Crippen molar-refractivity contribution >= 4 is 22.8 Å². The summed E-state index contributed by atoms with van der Waals surface area (Å²) in [6, 6.07) is 5.90. The van der Waals surface area contributed by atoms with Crippen LogP contribution in [0.1, 0.15) is 51.7 Å². The molecule has 1 aliphatic carbocycles. The van der Waals surface area contributed by atoms with Crippen molar-refractivity contribution in [3.05, 3.63) is 51.7 Å². The fourth-order valence-electron chi connectivity index (χ4n) is 3.40. The lowest BCUT2D eigenvalue weighted by molar-refractivity contribution is 0.0720. The zero-order chi connectivity index (χ0) is 16.7. The van der Waals surface area contributed by atoms with Gasteiger partial charge in [-0.1, -0.05) is 13.0 Å². The lowest BCUT2D eigenvalue weighted by Crippen LogP contribution is -2.32. The minimum Gasteiger partial charge on any atom is -0.334 e. The van der Waals surface area contributed by atoms with E-state index < -0.39 is 0 Å². The monoisotopic (exact) mass is 340 g/mol. The lowest BCUT2D eigenvalue weighted by Gasteiger charge is -2.30. The third kappa shape index (κ3) is 2.41. The van der Waals surface area contributed by atoms with E-state index in [9.17, 15) is 4.79 Å². The summed E-state index contributed by atoms with van der Waals surface area (Å²) in [5.74, 6) is 0.0282. The SMILES string of the molecule is CCc1nc2c(s1)[C@H](N(C)C(=O)c1cnn3ccccc13)CCC2. The highest BCUT2D eigenvalue weighted by molar-refractivity contribution is 7.11. The fraction of sp³-hybridized carbons (Fsp3) is 0.389. The summed E-state index contributed by atoms with van der Waals surface area (Å²) in [7, 11) is 1.90. The second kappa shape index (κ2) is 6.02. The van der Waals surface area contributed by atoms with Gasteiger partial charge in [-0.3, -0.25) is 4.79 Å². The molecular weight excluding hydrogens is 320 g/mol. The molecule has 124 valence electrons. The van der Waals surface area contributed by atoms with Crippen LogP contribution in [0.15, 0.2) is 30.6 Å². The zero-order valence-electron chi connectivity index (χ0n) is 13.9. The molecule has 4 rings (SSSR count). The molecule has 1 amide bonds. The van der Waals surface area contributed by atoms with Gasteiger partial charge in [-0.25, -0.2) is 9.50 Å². The number of nitrogens with zero attached hydrogens (tertiary/aromatic N) is 4. The second-order valence-electron chi connectivity index (χ2n) is 6.18. The Bertz CT molecular complexity index is 897. The number of rotatable bonds is 3. The van der Waals surface area contributed by atoms with E-state index in [2.05, 4.69) is 12.0 Å². The number of hydrogen-bond donors (Lipinski definition) is 0. The van der Waals surface area contributed by atoms with E-state index in [4.69, 9.17) is 4.98 Å². The Kier molecular flexibility index (Phi) is 3.84. The Balaban J connectivity index is 1.68. The molecule has 0 spiro atoms. The molecule has 1 atom stereocenters. The van der Waals surface area contributed by atoms with Crippen molar-refractivity contribution in [2.45, 2.75) is 38.6 Å². The number of amides is 1. The molecule has 3 heterocycles. The average Bonchev–Trinajstić information content (AvgIpc) is 3.23. The van der Waals surface area contributed by atoms with Gasteiger partial charge in [0.25, 0.3) is 5.91 Å². The Hall–Kier alpha value is -2.21. The number of hydrogen-bond acceptors (Lipinski definition) is 4. The van der Waals surface area contributed by atoms with Crippen molar-refractivity contribution in [2.75, 3.05) is 7.05 Å². The standard InChI is InChI=1S/C18H20N4OS/c1-3-16-20-13-7-6-9-15(17(13)24-16)21(2)18(23)12-11-19-22-10-5-4-8-14(12)22/h4-5,8,10-11,15H,3,6-7,9H2,1-2H3/t15-/m1/s1. The van der Waals surface area contributed by atoms with Crippen LogP contribution in [-0.4, -0.2) is 32.5 Å². The Morgan fingerprint density at radius 3 is 3.17 bits per heavy atom. The molecule has 0 saturated heterocycles. The van der Waals surface area contributed by atoms with Crippen molar-refractivity contribution in [2.24, 2.45) is 0 Å². The van der Waals surface area contributed by atoms with E-state index in [0.717, 1.165) is 31.2 Å². The Labute approximate surface area is 144 Å². The molecule has 24 heavy (non-hydrogen) atoms. The molecule has 0 N–H and O–H groups in total. The highest BCUT2D eigenvalue weighted by Crippen LogP contribution is 2.38. The molecule has 0 aliphatic heterocycles. The zero-order valence-corrected chi connectivity index (χ0v) is 14.7. The van der Waals surface area contributed by atoms with Gasteiger partial charge >= 0.3 is 0 Å². The highest BCUT2D eigenvalue weighted by Gasteiger charge is 2.31. The summed E-state index contributed by atoms with van der Waals surface area (Å²) in [6.07, 6.45) is 7.59. The summed E-state index contributed by atoms with van der Waals surface area (Å²) in [4.78, 5) is 20.9. The van der Waals surface area contributed by atoms with E-state index in [0.29, 0.717) is 5.56 Å². The number of thiazole rings is 1. The Morgan fingerprint density at radius 2 is 2.33 bits per heavy atom. The number of pyridine rings is 1. The first-order valence-corrected chi connectivity index (χ1v) is 9.18. The van der Waals surface area contributed by atoms with Gasteiger partial charge in [0, 0.05) is 13.2 Å². The minimum atomic E-state index is 0.0282. The van der Waals surface area contributed by atoms with Crippen LogP contribution in [0.4, 0.5) is 0 Å². The molecule has 3 aromatic rings. The van der Waals surface area contributed by atoms with E-state index >= 15 is 0 Å². The minimum absolute atomic E-state index is 0.0282. The van der Waals surface area contributed by atoms with Gasteiger partial charge in [0.05, 0.1) is 38.9 Å². The second-order valence-corrected chi connectivity index (χ2v) is 7.30. The summed E-state index contributed by atoms with van der Waals surface area (Å²) in [5, 5.41) is 5.46. The smallest absolute Gasteiger partial charge is 0.257 e. The van der Waals surface area contributed by atoms with Crippen molar-refractivity contribution in [3.8, 4) is 0 Å². The van der Waals surface area contributed by atoms with Crippen LogP contribution in [0.2, 0.25) is 0 Å². The quantitative estimate of drug-likeness (QED) is 0.733. The van der Waals surface area contributed by atoms with Crippen molar-refractivity contribution in [1.82, 2.24) is 19.5 Å². The molecule has 3 aromatic heterocycles. The molecule has 1 aliphatic rings. The fourth-order valence-corrected chi connectivity index (χ4v) is 4.63. The van der Waals surface area contributed by atoms with E-state index in [-0.39, 0.29) is 11.9 Å². The van der Waals surface area contributed by atoms with Crippen LogP contribution in [0.5, 0.6) is 0 Å². The molecule has 0 saturated carbocycles. The van der Waals surface area contributed by atoms with Crippen LogP contribution < -0.4 is 0 Å². The number of fused-ring (bicyclic) bond motifs is 2. The molecule has 0 fully saturated rings. The third-order valence-electron chi connectivity index (χ3n) is 4.71. The van der Waals surface area contributed by atoms with Gasteiger partial charge in [-0.2, -0.15) is 5.10 Å². The van der Waals surface area contributed by atoms with Gasteiger partial charge < -0.3 is 4.90 Å². The largest absolute Gasteiger partial charge is 0.334 e. The molecule has 0 radical (unpaired) electrons. The van der Waals surface area contributed by atoms with Crippen LogP contribution in [0.3, 0.4) is 0 Å². The predicted octanol–water partition coefficient (Wildman–Crippen LogP) is 3.50. The van der Waals surface area contributed by atoms with E-state index in [1.165, 1.54) is 15.6 Å². The molecule has 5 nitrogen and oxygen atoms in total. The molecule has 6 heteroatoms. The highest BCUT2D eigenvalue weighted by atomic mass is 32.1. The summed E-state index contributed by atoms with van der Waals surface area (Å²) < 4.78 is 1.75. The number of aromatic nitrogens is 3. The van der Waals surface area contributed by atoms with E-state index in [1.807, 2.05) is 36.3 Å². The van der Waals surface area contributed by atoms with Crippen LogP contribution >= 0.6 is 11.3 Å². The van der Waals surface area contributed by atoms with Gasteiger partial charge in [0.15, 0.2) is 0 Å². The maximum atomic E-state index is 13.1. The van der Waals surface area contributed by atoms with Crippen molar-refractivity contribution in [1.29, 1.82) is 0 Å². The number of carbonyl (C=O) groups is 1.